The van der Waals surface area contributed by atoms with E-state index in [-0.39, 0.29) is 5.54 Å². The summed E-state index contributed by atoms with van der Waals surface area (Å²) >= 11 is 1.74. The van der Waals surface area contributed by atoms with E-state index >= 15 is 0 Å². The number of rotatable bonds is 9. The number of nitrogens with one attached hydrogen (secondary N) is 1. The monoisotopic (exact) mass is 313 g/mol. The average molecular weight is 314 g/mol. The molecule has 0 aliphatic rings. The summed E-state index contributed by atoms with van der Waals surface area (Å²) in [6, 6.07) is 0. The molecule has 1 N–H and O–H groups in total. The molecule has 0 aromatic carbocycles. The van der Waals surface area contributed by atoms with E-state index in [1.165, 1.54) is 5.69 Å². The molecule has 0 saturated carbocycles. The van der Waals surface area contributed by atoms with Gasteiger partial charge in [0.2, 0.25) is 0 Å². The summed E-state index contributed by atoms with van der Waals surface area (Å²) in [6.45, 7) is 15.6. The van der Waals surface area contributed by atoms with Crippen molar-refractivity contribution < 1.29 is 4.74 Å². The van der Waals surface area contributed by atoms with Gasteiger partial charge in [0.1, 0.15) is 5.01 Å². The van der Waals surface area contributed by atoms with Gasteiger partial charge in [-0.25, -0.2) is 4.98 Å². The fourth-order valence-electron chi connectivity index (χ4n) is 2.04. The van der Waals surface area contributed by atoms with Crippen molar-refractivity contribution in [3.63, 3.8) is 0 Å². The van der Waals surface area contributed by atoms with E-state index in [4.69, 9.17) is 9.72 Å². The van der Waals surface area contributed by atoms with Crippen molar-refractivity contribution in [2.45, 2.75) is 53.2 Å². The first-order valence-electron chi connectivity index (χ1n) is 7.69. The van der Waals surface area contributed by atoms with Crippen LogP contribution in [0.3, 0.4) is 0 Å². The summed E-state index contributed by atoms with van der Waals surface area (Å²) in [4.78, 5) is 7.16. The Morgan fingerprint density at radius 1 is 1.38 bits per heavy atom. The zero-order valence-electron chi connectivity index (χ0n) is 14.4. The molecule has 1 aromatic heterocycles. The first kappa shape index (κ1) is 18.6. The summed E-state index contributed by atoms with van der Waals surface area (Å²) in [7, 11) is 1.76. The molecule has 0 amide bonds. The van der Waals surface area contributed by atoms with Gasteiger partial charge in [0.25, 0.3) is 0 Å². The number of aromatic nitrogens is 1. The lowest BCUT2D eigenvalue weighted by molar-refractivity contribution is 0.135. The SMILES string of the molecule is COCCN(Cc1csc(CNC(C)(C)C)n1)CC(C)C. The molecule has 0 spiro atoms. The van der Waals surface area contributed by atoms with Gasteiger partial charge in [-0.05, 0) is 26.7 Å². The molecule has 0 aliphatic heterocycles. The topological polar surface area (TPSA) is 37.4 Å². The minimum absolute atomic E-state index is 0.133. The summed E-state index contributed by atoms with van der Waals surface area (Å²) in [5.41, 5.74) is 1.30. The number of hydrogen-bond acceptors (Lipinski definition) is 5. The molecule has 21 heavy (non-hydrogen) atoms. The van der Waals surface area contributed by atoms with Crippen molar-refractivity contribution in [1.29, 1.82) is 0 Å². The second-order valence-electron chi connectivity index (χ2n) is 6.96. The molecule has 4 nitrogen and oxygen atoms in total. The molecule has 0 radical (unpaired) electrons. The molecule has 0 saturated heterocycles. The standard InChI is InChI=1S/C16H31N3OS/c1-13(2)10-19(7-8-20-6)11-14-12-21-15(18-14)9-17-16(3,4)5/h12-13,17H,7-11H2,1-6H3. The van der Waals surface area contributed by atoms with Crippen LogP contribution in [0.4, 0.5) is 0 Å². The average Bonchev–Trinajstić information content (AvgIpc) is 2.80. The van der Waals surface area contributed by atoms with Gasteiger partial charge in [-0.15, -0.1) is 11.3 Å². The van der Waals surface area contributed by atoms with Crippen molar-refractivity contribution in [2.75, 3.05) is 26.8 Å². The zero-order valence-corrected chi connectivity index (χ0v) is 15.2. The molecule has 5 heteroatoms. The Balaban J connectivity index is 2.53. The molecule has 0 unspecified atom stereocenters. The van der Waals surface area contributed by atoms with E-state index in [9.17, 15) is 0 Å². The van der Waals surface area contributed by atoms with Gasteiger partial charge in [0, 0.05) is 44.2 Å². The Kier molecular flexibility index (Phi) is 7.81. The van der Waals surface area contributed by atoms with Crippen molar-refractivity contribution in [2.24, 2.45) is 5.92 Å². The summed E-state index contributed by atoms with van der Waals surface area (Å²) in [5.74, 6) is 0.655. The molecule has 122 valence electrons. The van der Waals surface area contributed by atoms with E-state index in [0.717, 1.165) is 37.8 Å². The largest absolute Gasteiger partial charge is 0.383 e. The number of ether oxygens (including phenoxy) is 1. The van der Waals surface area contributed by atoms with Crippen LogP contribution in [-0.2, 0) is 17.8 Å². The van der Waals surface area contributed by atoms with Crippen LogP contribution in [0, 0.1) is 5.92 Å². The minimum Gasteiger partial charge on any atom is -0.383 e. The van der Waals surface area contributed by atoms with Gasteiger partial charge in [0.05, 0.1) is 12.3 Å². The lowest BCUT2D eigenvalue weighted by atomic mass is 10.1. The molecule has 0 aliphatic carbocycles. The maximum Gasteiger partial charge on any atom is 0.107 e. The highest BCUT2D eigenvalue weighted by Gasteiger charge is 2.13. The van der Waals surface area contributed by atoms with E-state index in [1.54, 1.807) is 18.4 Å². The van der Waals surface area contributed by atoms with E-state index in [2.05, 4.69) is 50.2 Å². The van der Waals surface area contributed by atoms with Crippen LogP contribution >= 0.6 is 11.3 Å². The second kappa shape index (κ2) is 8.83. The maximum absolute atomic E-state index is 5.20. The predicted octanol–water partition coefficient (Wildman–Crippen LogP) is 3.14. The fraction of sp³-hybridized carbons (Fsp3) is 0.812. The Hall–Kier alpha value is -0.490. The second-order valence-corrected chi connectivity index (χ2v) is 7.90. The van der Waals surface area contributed by atoms with Crippen molar-refractivity contribution >= 4 is 11.3 Å². The quantitative estimate of drug-likeness (QED) is 0.760. The Labute approximate surface area is 133 Å². The number of thiazole rings is 1. The molecule has 0 atom stereocenters. The zero-order chi connectivity index (χ0) is 15.9. The maximum atomic E-state index is 5.20. The van der Waals surface area contributed by atoms with Gasteiger partial charge in [0.15, 0.2) is 0 Å². The summed E-state index contributed by atoms with van der Waals surface area (Å²) in [6.07, 6.45) is 0. The van der Waals surface area contributed by atoms with E-state index in [1.807, 2.05) is 0 Å². The summed E-state index contributed by atoms with van der Waals surface area (Å²) < 4.78 is 5.20. The van der Waals surface area contributed by atoms with Crippen molar-refractivity contribution in [1.82, 2.24) is 15.2 Å². The fourth-order valence-corrected chi connectivity index (χ4v) is 2.77. The molecule has 1 rings (SSSR count). The Morgan fingerprint density at radius 2 is 2.10 bits per heavy atom. The van der Waals surface area contributed by atoms with Gasteiger partial charge in [-0.3, -0.25) is 4.90 Å². The van der Waals surface area contributed by atoms with E-state index in [0.29, 0.717) is 5.92 Å². The number of nitrogens with zero attached hydrogens (tertiary/aromatic N) is 2. The van der Waals surface area contributed by atoms with Crippen LogP contribution < -0.4 is 5.32 Å². The first-order valence-corrected chi connectivity index (χ1v) is 8.57. The van der Waals surface area contributed by atoms with Crippen LogP contribution in [0.15, 0.2) is 5.38 Å². The number of hydrogen-bond donors (Lipinski definition) is 1. The Bertz CT molecular complexity index is 398. The van der Waals surface area contributed by atoms with Crippen LogP contribution in [0.1, 0.15) is 45.3 Å². The third kappa shape index (κ3) is 8.51. The van der Waals surface area contributed by atoms with Crippen molar-refractivity contribution in [3.05, 3.63) is 16.1 Å². The molecular weight excluding hydrogens is 282 g/mol. The minimum atomic E-state index is 0.133. The third-order valence-corrected chi connectivity index (χ3v) is 3.89. The van der Waals surface area contributed by atoms with Crippen LogP contribution in [-0.4, -0.2) is 42.2 Å². The Morgan fingerprint density at radius 3 is 2.67 bits per heavy atom. The number of methoxy groups -OCH3 is 1. The van der Waals surface area contributed by atoms with Gasteiger partial charge in [-0.2, -0.15) is 0 Å². The van der Waals surface area contributed by atoms with Crippen LogP contribution in [0.5, 0.6) is 0 Å². The molecule has 0 bridgehead atoms. The lowest BCUT2D eigenvalue weighted by Crippen LogP contribution is -2.35. The molecule has 1 heterocycles. The van der Waals surface area contributed by atoms with Gasteiger partial charge in [-0.1, -0.05) is 13.8 Å². The molecular formula is C16H31N3OS. The lowest BCUT2D eigenvalue weighted by Gasteiger charge is -2.23. The highest BCUT2D eigenvalue weighted by atomic mass is 32.1. The summed E-state index contributed by atoms with van der Waals surface area (Å²) in [5, 5.41) is 6.83. The van der Waals surface area contributed by atoms with Crippen LogP contribution in [0.2, 0.25) is 0 Å². The highest BCUT2D eigenvalue weighted by Crippen LogP contribution is 2.14. The van der Waals surface area contributed by atoms with Crippen LogP contribution in [0.25, 0.3) is 0 Å². The predicted molar refractivity (Wildman–Crippen MR) is 90.7 cm³/mol. The molecule has 0 fully saturated rings. The third-order valence-electron chi connectivity index (χ3n) is 2.99. The van der Waals surface area contributed by atoms with E-state index < -0.39 is 0 Å². The van der Waals surface area contributed by atoms with Gasteiger partial charge >= 0.3 is 0 Å². The van der Waals surface area contributed by atoms with Crippen molar-refractivity contribution in [3.8, 4) is 0 Å². The smallest absolute Gasteiger partial charge is 0.107 e. The first-order chi connectivity index (χ1) is 9.80. The highest BCUT2D eigenvalue weighted by molar-refractivity contribution is 7.09. The normalized spacial score (nSPS) is 12.6. The van der Waals surface area contributed by atoms with Gasteiger partial charge < -0.3 is 10.1 Å². The molecule has 1 aromatic rings.